The van der Waals surface area contributed by atoms with Gasteiger partial charge in [0.2, 0.25) is 0 Å². The van der Waals surface area contributed by atoms with Crippen LogP contribution < -0.4 is 0 Å². The Morgan fingerprint density at radius 3 is 2.12 bits per heavy atom. The standard InChI is InChI=1S/C25H43NO6Si/c1-16(2)33(17(3)4,18(5)6)31-14-21-20-13-19(27)11-12-25(20,22(28)30-10)15-26(21)23(29)32-24(7,8)9/h11-12,16-18,20-21H,13-15H2,1-10H3/t20-,21-,25-/m1/s1. The van der Waals surface area contributed by atoms with Crippen molar-refractivity contribution in [3.63, 3.8) is 0 Å². The molecule has 3 atom stereocenters. The molecule has 1 aliphatic carbocycles. The van der Waals surface area contributed by atoms with E-state index in [2.05, 4.69) is 41.5 Å². The molecule has 1 aliphatic heterocycles. The lowest BCUT2D eigenvalue weighted by atomic mass is 9.70. The van der Waals surface area contributed by atoms with Crippen LogP contribution in [0.15, 0.2) is 12.2 Å². The minimum absolute atomic E-state index is 0.0596. The van der Waals surface area contributed by atoms with Crippen LogP contribution >= 0.6 is 0 Å². The molecule has 1 amide bonds. The Hall–Kier alpha value is -1.67. The summed E-state index contributed by atoms with van der Waals surface area (Å²) in [5, 5.41) is 0. The van der Waals surface area contributed by atoms with Gasteiger partial charge in [-0.05, 0) is 43.5 Å². The van der Waals surface area contributed by atoms with Crippen LogP contribution in [0, 0.1) is 11.3 Å². The van der Waals surface area contributed by atoms with Gasteiger partial charge in [-0.3, -0.25) is 9.59 Å². The van der Waals surface area contributed by atoms with Crippen molar-refractivity contribution >= 4 is 26.2 Å². The molecule has 0 N–H and O–H groups in total. The highest BCUT2D eigenvalue weighted by atomic mass is 28.4. The first-order valence-corrected chi connectivity index (χ1v) is 14.2. The smallest absolute Gasteiger partial charge is 0.410 e. The normalized spacial score (nSPS) is 25.7. The molecule has 1 heterocycles. The van der Waals surface area contributed by atoms with Gasteiger partial charge in [0.25, 0.3) is 0 Å². The first-order valence-electron chi connectivity index (χ1n) is 12.1. The molecule has 0 saturated carbocycles. The average Bonchev–Trinajstić information content (AvgIpc) is 3.01. The highest BCUT2D eigenvalue weighted by Crippen LogP contribution is 2.49. The molecule has 1 fully saturated rings. The van der Waals surface area contributed by atoms with Gasteiger partial charge in [0, 0.05) is 18.9 Å². The second-order valence-electron chi connectivity index (χ2n) is 11.4. The Labute approximate surface area is 200 Å². The molecule has 0 unspecified atom stereocenters. The van der Waals surface area contributed by atoms with Crippen molar-refractivity contribution in [3.8, 4) is 0 Å². The quantitative estimate of drug-likeness (QED) is 0.371. The van der Waals surface area contributed by atoms with Gasteiger partial charge in [0.05, 0.1) is 19.8 Å². The first-order chi connectivity index (χ1) is 15.1. The van der Waals surface area contributed by atoms with Crippen LogP contribution in [0.5, 0.6) is 0 Å². The summed E-state index contributed by atoms with van der Waals surface area (Å²) >= 11 is 0. The van der Waals surface area contributed by atoms with Gasteiger partial charge in [-0.15, -0.1) is 0 Å². The molecule has 2 aliphatic rings. The third-order valence-electron chi connectivity index (χ3n) is 7.35. The van der Waals surface area contributed by atoms with Crippen molar-refractivity contribution in [3.05, 3.63) is 12.2 Å². The molecule has 2 rings (SSSR count). The number of amides is 1. The van der Waals surface area contributed by atoms with Crippen LogP contribution in [0.4, 0.5) is 4.79 Å². The number of nitrogens with zero attached hydrogens (tertiary/aromatic N) is 1. The summed E-state index contributed by atoms with van der Waals surface area (Å²) in [5.41, 5.74) is -0.663. The summed E-state index contributed by atoms with van der Waals surface area (Å²) in [5.74, 6) is -0.920. The maximum atomic E-state index is 13.3. The molecule has 0 bridgehead atoms. The highest BCUT2D eigenvalue weighted by Gasteiger charge is 2.60. The van der Waals surface area contributed by atoms with Crippen molar-refractivity contribution in [2.75, 3.05) is 20.3 Å². The van der Waals surface area contributed by atoms with E-state index in [1.54, 1.807) is 11.0 Å². The number of allylic oxidation sites excluding steroid dienone is 1. The zero-order chi connectivity index (χ0) is 25.4. The number of methoxy groups -OCH3 is 1. The van der Waals surface area contributed by atoms with Gasteiger partial charge in [0.1, 0.15) is 11.0 Å². The zero-order valence-corrected chi connectivity index (χ0v) is 23.1. The number of hydrogen-bond donors (Lipinski definition) is 0. The number of rotatable bonds is 7. The molecule has 7 nitrogen and oxygen atoms in total. The van der Waals surface area contributed by atoms with E-state index in [1.165, 1.54) is 13.2 Å². The second kappa shape index (κ2) is 9.90. The van der Waals surface area contributed by atoms with Gasteiger partial charge in [-0.1, -0.05) is 47.6 Å². The first kappa shape index (κ1) is 27.6. The van der Waals surface area contributed by atoms with E-state index in [0.29, 0.717) is 16.6 Å². The van der Waals surface area contributed by atoms with Crippen molar-refractivity contribution in [1.82, 2.24) is 4.90 Å². The zero-order valence-electron chi connectivity index (χ0n) is 22.1. The summed E-state index contributed by atoms with van der Waals surface area (Å²) in [6.45, 7) is 19.1. The van der Waals surface area contributed by atoms with E-state index in [0.717, 1.165) is 0 Å². The van der Waals surface area contributed by atoms with E-state index in [1.807, 2.05) is 20.8 Å². The molecule has 0 aromatic carbocycles. The van der Waals surface area contributed by atoms with Crippen molar-refractivity contribution in [2.45, 2.75) is 97.0 Å². The predicted molar refractivity (Wildman–Crippen MR) is 130 cm³/mol. The lowest BCUT2D eigenvalue weighted by Gasteiger charge is -2.44. The van der Waals surface area contributed by atoms with Gasteiger partial charge in [-0.2, -0.15) is 0 Å². The monoisotopic (exact) mass is 481 g/mol. The number of esters is 1. The van der Waals surface area contributed by atoms with Crippen LogP contribution in [-0.4, -0.2) is 63.0 Å². The summed E-state index contributed by atoms with van der Waals surface area (Å²) < 4.78 is 17.7. The summed E-state index contributed by atoms with van der Waals surface area (Å²) in [7, 11) is -0.896. The number of fused-ring (bicyclic) bond motifs is 1. The molecule has 8 heteroatoms. The lowest BCUT2D eigenvalue weighted by molar-refractivity contribution is -0.151. The summed E-state index contributed by atoms with van der Waals surface area (Å²) in [6, 6.07) is -0.462. The lowest BCUT2D eigenvalue weighted by Crippen LogP contribution is -2.52. The molecular formula is C25H43NO6Si. The topological polar surface area (TPSA) is 82.1 Å². The Bertz CT molecular complexity index is 762. The maximum absolute atomic E-state index is 13.3. The molecular weight excluding hydrogens is 438 g/mol. The second-order valence-corrected chi connectivity index (χ2v) is 16.9. The van der Waals surface area contributed by atoms with Crippen LogP contribution in [0.2, 0.25) is 16.6 Å². The predicted octanol–water partition coefficient (Wildman–Crippen LogP) is 5.10. The molecule has 188 valence electrons. The van der Waals surface area contributed by atoms with E-state index in [9.17, 15) is 14.4 Å². The van der Waals surface area contributed by atoms with Crippen LogP contribution in [0.25, 0.3) is 0 Å². The number of likely N-dealkylation sites (tertiary alicyclic amines) is 1. The van der Waals surface area contributed by atoms with Crippen molar-refractivity contribution in [2.24, 2.45) is 11.3 Å². The third-order valence-corrected chi connectivity index (χ3v) is 13.4. The van der Waals surface area contributed by atoms with Crippen LogP contribution in [-0.2, 0) is 23.5 Å². The fourth-order valence-corrected chi connectivity index (χ4v) is 11.5. The summed E-state index contributed by atoms with van der Waals surface area (Å²) in [6.07, 6.45) is 2.74. The Balaban J connectivity index is 2.51. The van der Waals surface area contributed by atoms with Crippen molar-refractivity contribution in [1.29, 1.82) is 0 Å². The largest absolute Gasteiger partial charge is 0.468 e. The average molecular weight is 482 g/mol. The van der Waals surface area contributed by atoms with E-state index in [4.69, 9.17) is 13.9 Å². The van der Waals surface area contributed by atoms with E-state index < -0.39 is 43.4 Å². The fourth-order valence-electron chi connectivity index (χ4n) is 6.03. The van der Waals surface area contributed by atoms with Crippen LogP contribution in [0.1, 0.15) is 68.7 Å². The van der Waals surface area contributed by atoms with Gasteiger partial charge in [-0.25, -0.2) is 4.79 Å². The maximum Gasteiger partial charge on any atom is 0.410 e. The fraction of sp³-hybridized carbons (Fsp3) is 0.800. The summed E-state index contributed by atoms with van der Waals surface area (Å²) in [4.78, 5) is 40.3. The number of ether oxygens (including phenoxy) is 2. The van der Waals surface area contributed by atoms with Crippen molar-refractivity contribution < 1.29 is 28.3 Å². The molecule has 33 heavy (non-hydrogen) atoms. The van der Waals surface area contributed by atoms with E-state index >= 15 is 0 Å². The number of carbonyl (C=O) groups excluding carboxylic acids is 3. The SMILES string of the molecule is COC(=O)[C@@]12C=CC(=O)C[C@@H]1[C@@H](CO[Si](C(C)C)(C(C)C)C(C)C)N(C(=O)OC(C)(C)C)C2. The molecule has 0 aromatic rings. The third kappa shape index (κ3) is 5.21. The number of ketones is 1. The number of hydrogen-bond acceptors (Lipinski definition) is 6. The van der Waals surface area contributed by atoms with Gasteiger partial charge >= 0.3 is 12.1 Å². The van der Waals surface area contributed by atoms with Crippen LogP contribution in [0.3, 0.4) is 0 Å². The Morgan fingerprint density at radius 1 is 1.12 bits per heavy atom. The Morgan fingerprint density at radius 2 is 1.67 bits per heavy atom. The highest BCUT2D eigenvalue weighted by molar-refractivity contribution is 6.77. The minimum Gasteiger partial charge on any atom is -0.468 e. The number of carbonyl (C=O) groups is 3. The minimum atomic E-state index is -2.24. The molecule has 0 spiro atoms. The molecule has 0 radical (unpaired) electrons. The molecule has 1 saturated heterocycles. The van der Waals surface area contributed by atoms with E-state index in [-0.39, 0.29) is 25.4 Å². The van der Waals surface area contributed by atoms with Gasteiger partial charge < -0.3 is 18.8 Å². The Kier molecular flexibility index (Phi) is 8.27. The van der Waals surface area contributed by atoms with Gasteiger partial charge in [0.15, 0.2) is 14.1 Å². The molecule has 0 aromatic heterocycles.